The van der Waals surface area contributed by atoms with Crippen LogP contribution in [0.1, 0.15) is 32.1 Å². The molecule has 3 rings (SSSR count). The summed E-state index contributed by atoms with van der Waals surface area (Å²) in [5, 5.41) is 16.3. The van der Waals surface area contributed by atoms with Crippen molar-refractivity contribution < 1.29 is 19.4 Å². The SMILES string of the molecule is CN1C(=O)OC(N2CCN(CCCC(=O)O)CC2)C1CCCCN1CCN(C(=N)N)CC1. The largest absolute Gasteiger partial charge is 0.481 e. The van der Waals surface area contributed by atoms with Gasteiger partial charge in [0.05, 0.1) is 6.04 Å². The number of guanidine groups is 1. The van der Waals surface area contributed by atoms with Gasteiger partial charge in [0.2, 0.25) is 0 Å². The first-order chi connectivity index (χ1) is 15.3. The molecule has 11 nitrogen and oxygen atoms in total. The van der Waals surface area contributed by atoms with Gasteiger partial charge in [-0.25, -0.2) is 4.79 Å². The fourth-order valence-electron chi connectivity index (χ4n) is 4.84. The second kappa shape index (κ2) is 11.7. The van der Waals surface area contributed by atoms with E-state index in [1.54, 1.807) is 4.90 Å². The van der Waals surface area contributed by atoms with Crippen LogP contribution in [-0.4, -0.2) is 132 Å². The van der Waals surface area contributed by atoms with Gasteiger partial charge in [0.15, 0.2) is 12.2 Å². The Balaban J connectivity index is 1.38. The number of piperazine rings is 2. The highest BCUT2D eigenvalue weighted by atomic mass is 16.6. The minimum absolute atomic E-state index is 0.0654. The molecule has 3 fully saturated rings. The zero-order valence-electron chi connectivity index (χ0n) is 19.2. The fourth-order valence-corrected chi connectivity index (χ4v) is 4.84. The molecule has 4 N–H and O–H groups in total. The number of hydrogen-bond donors (Lipinski definition) is 3. The highest BCUT2D eigenvalue weighted by Gasteiger charge is 2.43. The van der Waals surface area contributed by atoms with Gasteiger partial charge in [-0.05, 0) is 38.8 Å². The van der Waals surface area contributed by atoms with Gasteiger partial charge in [0.25, 0.3) is 0 Å². The Morgan fingerprint density at radius 3 is 2.22 bits per heavy atom. The number of nitrogens with one attached hydrogen (secondary N) is 1. The topological polar surface area (TPSA) is 130 Å². The van der Waals surface area contributed by atoms with E-state index in [4.69, 9.17) is 21.0 Å². The number of nitrogens with zero attached hydrogens (tertiary/aromatic N) is 5. The minimum Gasteiger partial charge on any atom is -0.481 e. The van der Waals surface area contributed by atoms with E-state index < -0.39 is 5.97 Å². The second-order valence-corrected chi connectivity index (χ2v) is 9.04. The lowest BCUT2D eigenvalue weighted by molar-refractivity contribution is -0.137. The van der Waals surface area contributed by atoms with Crippen molar-refractivity contribution in [2.24, 2.45) is 5.73 Å². The molecule has 3 saturated heterocycles. The van der Waals surface area contributed by atoms with Gasteiger partial charge in [0, 0.05) is 65.8 Å². The summed E-state index contributed by atoms with van der Waals surface area (Å²) in [5.74, 6) is -0.587. The van der Waals surface area contributed by atoms with Gasteiger partial charge in [-0.1, -0.05) is 0 Å². The lowest BCUT2D eigenvalue weighted by atomic mass is 10.1. The van der Waals surface area contributed by atoms with E-state index in [0.29, 0.717) is 6.42 Å². The zero-order chi connectivity index (χ0) is 23.1. The number of carbonyl (C=O) groups excluding carboxylic acids is 1. The molecule has 0 saturated carbocycles. The minimum atomic E-state index is -0.745. The molecule has 11 heteroatoms. The predicted molar refractivity (Wildman–Crippen MR) is 120 cm³/mol. The zero-order valence-corrected chi connectivity index (χ0v) is 19.2. The lowest BCUT2D eigenvalue weighted by Crippen LogP contribution is -2.54. The number of unbranched alkanes of at least 4 members (excludes halogenated alkanes) is 1. The van der Waals surface area contributed by atoms with Crippen LogP contribution in [-0.2, 0) is 9.53 Å². The van der Waals surface area contributed by atoms with Crippen LogP contribution in [0.15, 0.2) is 0 Å². The molecular weight excluding hydrogens is 414 g/mol. The van der Waals surface area contributed by atoms with Crippen LogP contribution in [0, 0.1) is 5.41 Å². The summed E-state index contributed by atoms with van der Waals surface area (Å²) < 4.78 is 5.72. The average molecular weight is 454 g/mol. The van der Waals surface area contributed by atoms with Crippen molar-refractivity contribution in [2.75, 3.05) is 72.5 Å². The summed E-state index contributed by atoms with van der Waals surface area (Å²) in [6.45, 7) is 8.72. The number of carbonyl (C=O) groups is 2. The number of hydrogen-bond acceptors (Lipinski definition) is 7. The molecule has 1 amide bonds. The normalized spacial score (nSPS) is 25.8. The van der Waals surface area contributed by atoms with E-state index >= 15 is 0 Å². The first-order valence-electron chi connectivity index (χ1n) is 11.8. The number of ether oxygens (including phenoxy) is 1. The molecule has 3 aliphatic rings. The number of aliphatic carboxylic acids is 1. The molecule has 0 aliphatic carbocycles. The summed E-state index contributed by atoms with van der Waals surface area (Å²) in [4.78, 5) is 33.6. The number of likely N-dealkylation sites (N-methyl/N-ethyl adjacent to an activating group) is 1. The van der Waals surface area contributed by atoms with Gasteiger partial charge in [-0.2, -0.15) is 0 Å². The lowest BCUT2D eigenvalue weighted by Gasteiger charge is -2.38. The number of rotatable bonds is 10. The molecule has 0 aromatic heterocycles. The van der Waals surface area contributed by atoms with E-state index in [1.165, 1.54) is 0 Å². The van der Waals surface area contributed by atoms with Gasteiger partial charge >= 0.3 is 12.1 Å². The first-order valence-corrected chi connectivity index (χ1v) is 11.8. The van der Waals surface area contributed by atoms with Gasteiger partial charge in [-0.3, -0.25) is 20.0 Å². The maximum absolute atomic E-state index is 12.2. The second-order valence-electron chi connectivity index (χ2n) is 9.04. The third-order valence-electron chi connectivity index (χ3n) is 6.91. The number of cyclic esters (lactones) is 1. The fraction of sp³-hybridized carbons (Fsp3) is 0.857. The summed E-state index contributed by atoms with van der Waals surface area (Å²) in [7, 11) is 1.83. The maximum Gasteiger partial charge on any atom is 0.411 e. The van der Waals surface area contributed by atoms with Crippen molar-refractivity contribution >= 4 is 18.0 Å². The smallest absolute Gasteiger partial charge is 0.411 e. The Labute approximate surface area is 190 Å². The molecular formula is C21H39N7O4. The standard InChI is InChI=1S/C21H39N7O4/c1-24-17(5-2-3-7-25-11-15-28(16-12-25)20(22)23)19(32-21(24)31)27-13-9-26(10-14-27)8-4-6-18(29)30/h17,19H,2-16H2,1H3,(H3,22,23)(H,29,30). The Morgan fingerprint density at radius 2 is 1.62 bits per heavy atom. The van der Waals surface area contributed by atoms with Crippen molar-refractivity contribution in [1.82, 2.24) is 24.5 Å². The van der Waals surface area contributed by atoms with Crippen LogP contribution in [0.25, 0.3) is 0 Å². The molecule has 32 heavy (non-hydrogen) atoms. The summed E-state index contributed by atoms with van der Waals surface area (Å²) in [6, 6.07) is 0.0654. The Kier molecular flexibility index (Phi) is 8.94. The average Bonchev–Trinajstić information content (AvgIpc) is 3.05. The Hall–Kier alpha value is -2.11. The van der Waals surface area contributed by atoms with Gasteiger partial charge < -0.3 is 30.3 Å². The molecule has 182 valence electrons. The molecule has 0 aromatic rings. The molecule has 0 radical (unpaired) electrons. The number of carboxylic acids is 1. The van der Waals surface area contributed by atoms with Crippen molar-refractivity contribution in [3.63, 3.8) is 0 Å². The van der Waals surface area contributed by atoms with Crippen LogP contribution >= 0.6 is 0 Å². The molecule has 2 unspecified atom stereocenters. The number of nitrogens with two attached hydrogens (primary N) is 1. The van der Waals surface area contributed by atoms with E-state index in [1.807, 2.05) is 11.9 Å². The first kappa shape index (κ1) is 24.5. The molecule has 0 bridgehead atoms. The molecule has 2 atom stereocenters. The van der Waals surface area contributed by atoms with Crippen molar-refractivity contribution in [3.8, 4) is 0 Å². The van der Waals surface area contributed by atoms with Crippen molar-refractivity contribution in [3.05, 3.63) is 0 Å². The number of carboxylic acid groups (broad SMARTS) is 1. The van der Waals surface area contributed by atoms with Gasteiger partial charge in [-0.15, -0.1) is 0 Å². The summed E-state index contributed by atoms with van der Waals surface area (Å²) in [6.07, 6.45) is 3.45. The number of amides is 1. The predicted octanol–water partition coefficient (Wildman–Crippen LogP) is -0.0731. The quantitative estimate of drug-likeness (QED) is 0.236. The van der Waals surface area contributed by atoms with Crippen molar-refractivity contribution in [2.45, 2.75) is 44.4 Å². The van der Waals surface area contributed by atoms with Crippen molar-refractivity contribution in [1.29, 1.82) is 5.41 Å². The maximum atomic E-state index is 12.2. The third kappa shape index (κ3) is 6.69. The Bertz CT molecular complexity index is 648. The molecule has 0 spiro atoms. The molecule has 0 aromatic carbocycles. The van der Waals surface area contributed by atoms with Crippen LogP contribution in [0.5, 0.6) is 0 Å². The third-order valence-corrected chi connectivity index (χ3v) is 6.91. The van der Waals surface area contributed by atoms with Crippen LogP contribution < -0.4 is 5.73 Å². The molecule has 3 heterocycles. The molecule has 3 aliphatic heterocycles. The summed E-state index contributed by atoms with van der Waals surface area (Å²) >= 11 is 0. The van der Waals surface area contributed by atoms with Crippen LogP contribution in [0.2, 0.25) is 0 Å². The highest BCUT2D eigenvalue weighted by Crippen LogP contribution is 2.26. The monoisotopic (exact) mass is 453 g/mol. The Morgan fingerprint density at radius 1 is 1.03 bits per heavy atom. The highest BCUT2D eigenvalue weighted by molar-refractivity contribution is 5.74. The van der Waals surface area contributed by atoms with Gasteiger partial charge in [0.1, 0.15) is 0 Å². The van der Waals surface area contributed by atoms with E-state index in [-0.39, 0.29) is 30.7 Å². The van der Waals surface area contributed by atoms with Crippen LogP contribution in [0.4, 0.5) is 4.79 Å². The van der Waals surface area contributed by atoms with Crippen LogP contribution in [0.3, 0.4) is 0 Å². The van der Waals surface area contributed by atoms with E-state index in [9.17, 15) is 9.59 Å². The van der Waals surface area contributed by atoms with E-state index in [2.05, 4.69) is 14.7 Å². The van der Waals surface area contributed by atoms with E-state index in [0.717, 1.165) is 84.7 Å². The summed E-state index contributed by atoms with van der Waals surface area (Å²) in [5.41, 5.74) is 5.56.